The SMILES string of the molecule is Cc1cccc(O[C@@H](C)C(=O)NN=Cc2ccc(O)cc2)c1. The first-order chi connectivity index (χ1) is 10.5. The van der Waals surface area contributed by atoms with Gasteiger partial charge in [0.05, 0.1) is 6.21 Å². The van der Waals surface area contributed by atoms with Gasteiger partial charge in [-0.05, 0) is 61.4 Å². The van der Waals surface area contributed by atoms with E-state index in [1.54, 1.807) is 37.3 Å². The van der Waals surface area contributed by atoms with E-state index in [4.69, 9.17) is 4.74 Å². The van der Waals surface area contributed by atoms with Crippen molar-refractivity contribution in [3.8, 4) is 11.5 Å². The molecule has 0 aliphatic carbocycles. The van der Waals surface area contributed by atoms with Gasteiger partial charge in [0, 0.05) is 0 Å². The summed E-state index contributed by atoms with van der Waals surface area (Å²) >= 11 is 0. The number of hydrazone groups is 1. The number of carbonyl (C=O) groups excluding carboxylic acids is 1. The van der Waals surface area contributed by atoms with Crippen LogP contribution in [0.2, 0.25) is 0 Å². The van der Waals surface area contributed by atoms with Gasteiger partial charge in [-0.3, -0.25) is 4.79 Å². The molecule has 5 heteroatoms. The van der Waals surface area contributed by atoms with E-state index in [-0.39, 0.29) is 11.7 Å². The molecule has 0 heterocycles. The maximum absolute atomic E-state index is 11.9. The van der Waals surface area contributed by atoms with E-state index < -0.39 is 6.10 Å². The van der Waals surface area contributed by atoms with Crippen molar-refractivity contribution in [3.63, 3.8) is 0 Å². The van der Waals surface area contributed by atoms with Crippen LogP contribution in [0.25, 0.3) is 0 Å². The minimum Gasteiger partial charge on any atom is -0.508 e. The summed E-state index contributed by atoms with van der Waals surface area (Å²) in [5.41, 5.74) is 4.26. The van der Waals surface area contributed by atoms with Crippen LogP contribution in [0.5, 0.6) is 11.5 Å². The van der Waals surface area contributed by atoms with Crippen molar-refractivity contribution in [2.45, 2.75) is 20.0 Å². The van der Waals surface area contributed by atoms with Crippen molar-refractivity contribution in [3.05, 3.63) is 59.7 Å². The van der Waals surface area contributed by atoms with E-state index in [1.165, 1.54) is 6.21 Å². The molecule has 0 aromatic heterocycles. The highest BCUT2D eigenvalue weighted by Crippen LogP contribution is 2.14. The third-order valence-electron chi connectivity index (χ3n) is 2.95. The van der Waals surface area contributed by atoms with Gasteiger partial charge < -0.3 is 9.84 Å². The van der Waals surface area contributed by atoms with Crippen LogP contribution in [-0.2, 0) is 4.79 Å². The summed E-state index contributed by atoms with van der Waals surface area (Å²) in [4.78, 5) is 11.9. The number of amides is 1. The number of hydrogen-bond acceptors (Lipinski definition) is 4. The molecular weight excluding hydrogens is 280 g/mol. The monoisotopic (exact) mass is 298 g/mol. The van der Waals surface area contributed by atoms with E-state index in [9.17, 15) is 9.90 Å². The van der Waals surface area contributed by atoms with Crippen molar-refractivity contribution in [1.82, 2.24) is 5.43 Å². The zero-order chi connectivity index (χ0) is 15.9. The molecule has 1 amide bonds. The minimum absolute atomic E-state index is 0.182. The summed E-state index contributed by atoms with van der Waals surface area (Å²) in [7, 11) is 0. The van der Waals surface area contributed by atoms with Gasteiger partial charge in [-0.25, -0.2) is 5.43 Å². The van der Waals surface area contributed by atoms with E-state index in [0.717, 1.165) is 11.1 Å². The summed E-state index contributed by atoms with van der Waals surface area (Å²) in [5.74, 6) is 0.489. The van der Waals surface area contributed by atoms with Crippen molar-refractivity contribution in [2.24, 2.45) is 5.10 Å². The van der Waals surface area contributed by atoms with Gasteiger partial charge in [0.25, 0.3) is 5.91 Å². The van der Waals surface area contributed by atoms with Crippen LogP contribution in [0.15, 0.2) is 53.6 Å². The third-order valence-corrected chi connectivity index (χ3v) is 2.95. The molecule has 2 aromatic carbocycles. The molecule has 22 heavy (non-hydrogen) atoms. The van der Waals surface area contributed by atoms with E-state index >= 15 is 0 Å². The lowest BCUT2D eigenvalue weighted by molar-refractivity contribution is -0.127. The van der Waals surface area contributed by atoms with Crippen LogP contribution in [0, 0.1) is 6.92 Å². The van der Waals surface area contributed by atoms with Gasteiger partial charge in [-0.15, -0.1) is 0 Å². The molecule has 0 unspecified atom stereocenters. The Hall–Kier alpha value is -2.82. The summed E-state index contributed by atoms with van der Waals surface area (Å²) in [6, 6.07) is 14.0. The Kier molecular flexibility index (Phi) is 5.14. The standard InChI is InChI=1S/C17H18N2O3/c1-12-4-3-5-16(10-12)22-13(2)17(21)19-18-11-14-6-8-15(20)9-7-14/h3-11,13,20H,1-2H3,(H,19,21)/t13-/m0/s1. The van der Waals surface area contributed by atoms with Gasteiger partial charge in [0.15, 0.2) is 6.10 Å². The van der Waals surface area contributed by atoms with Crippen LogP contribution < -0.4 is 10.2 Å². The lowest BCUT2D eigenvalue weighted by Crippen LogP contribution is -2.33. The fourth-order valence-corrected chi connectivity index (χ4v) is 1.77. The molecule has 114 valence electrons. The van der Waals surface area contributed by atoms with Gasteiger partial charge in [-0.2, -0.15) is 5.10 Å². The first-order valence-electron chi connectivity index (χ1n) is 6.90. The zero-order valence-corrected chi connectivity index (χ0v) is 12.5. The number of phenols is 1. The highest BCUT2D eigenvalue weighted by Gasteiger charge is 2.13. The predicted molar refractivity (Wildman–Crippen MR) is 85.1 cm³/mol. The molecule has 0 spiro atoms. The van der Waals surface area contributed by atoms with Crippen molar-refractivity contribution >= 4 is 12.1 Å². The summed E-state index contributed by atoms with van der Waals surface area (Å²) < 4.78 is 5.56. The number of rotatable bonds is 5. The first-order valence-corrected chi connectivity index (χ1v) is 6.90. The van der Waals surface area contributed by atoms with Gasteiger partial charge in [-0.1, -0.05) is 12.1 Å². The Morgan fingerprint density at radius 2 is 2.00 bits per heavy atom. The minimum atomic E-state index is -0.654. The average molecular weight is 298 g/mol. The fourth-order valence-electron chi connectivity index (χ4n) is 1.77. The Balaban J connectivity index is 1.87. The Bertz CT molecular complexity index is 666. The maximum Gasteiger partial charge on any atom is 0.280 e. The van der Waals surface area contributed by atoms with Gasteiger partial charge in [0.1, 0.15) is 11.5 Å². The largest absolute Gasteiger partial charge is 0.508 e. The van der Waals surface area contributed by atoms with Gasteiger partial charge in [0.2, 0.25) is 0 Å². The number of nitrogens with zero attached hydrogens (tertiary/aromatic N) is 1. The first kappa shape index (κ1) is 15.6. The number of aryl methyl sites for hydroxylation is 1. The topological polar surface area (TPSA) is 70.9 Å². The Morgan fingerprint density at radius 3 is 2.68 bits per heavy atom. The smallest absolute Gasteiger partial charge is 0.280 e. The maximum atomic E-state index is 11.9. The molecule has 1 atom stereocenters. The molecule has 0 aliphatic heterocycles. The summed E-state index contributed by atoms with van der Waals surface area (Å²) in [6.07, 6.45) is 0.843. The predicted octanol–water partition coefficient (Wildman–Crippen LogP) is 2.62. The highest BCUT2D eigenvalue weighted by atomic mass is 16.5. The number of ether oxygens (including phenoxy) is 1. The number of phenolic OH excluding ortho intramolecular Hbond substituents is 1. The van der Waals surface area contributed by atoms with Crippen molar-refractivity contribution in [2.75, 3.05) is 0 Å². The molecule has 0 saturated carbocycles. The molecule has 0 saturated heterocycles. The quantitative estimate of drug-likeness (QED) is 0.658. The lowest BCUT2D eigenvalue weighted by Gasteiger charge is -2.13. The number of carbonyl (C=O) groups is 1. The zero-order valence-electron chi connectivity index (χ0n) is 12.5. The second-order valence-corrected chi connectivity index (χ2v) is 4.90. The van der Waals surface area contributed by atoms with Crippen molar-refractivity contribution < 1.29 is 14.6 Å². The van der Waals surface area contributed by atoms with E-state index in [1.807, 2.05) is 25.1 Å². The summed E-state index contributed by atoms with van der Waals surface area (Å²) in [6.45, 7) is 3.62. The molecular formula is C17H18N2O3. The fraction of sp³-hybridized carbons (Fsp3) is 0.176. The molecule has 0 aliphatic rings. The molecule has 5 nitrogen and oxygen atoms in total. The average Bonchev–Trinajstić information content (AvgIpc) is 2.49. The lowest BCUT2D eigenvalue weighted by atomic mass is 10.2. The molecule has 2 N–H and O–H groups in total. The normalized spacial score (nSPS) is 12.1. The molecule has 0 fully saturated rings. The van der Waals surface area contributed by atoms with Crippen LogP contribution in [0.1, 0.15) is 18.1 Å². The number of benzene rings is 2. The van der Waals surface area contributed by atoms with E-state index in [2.05, 4.69) is 10.5 Å². The Labute approximate surface area is 129 Å². The molecule has 2 aromatic rings. The van der Waals surface area contributed by atoms with Crippen LogP contribution in [-0.4, -0.2) is 23.3 Å². The van der Waals surface area contributed by atoms with Crippen LogP contribution in [0.4, 0.5) is 0 Å². The number of hydrogen-bond donors (Lipinski definition) is 2. The van der Waals surface area contributed by atoms with E-state index in [0.29, 0.717) is 5.75 Å². The molecule has 0 bridgehead atoms. The molecule has 2 rings (SSSR count). The summed E-state index contributed by atoms with van der Waals surface area (Å²) in [5, 5.41) is 13.0. The van der Waals surface area contributed by atoms with Crippen molar-refractivity contribution in [1.29, 1.82) is 0 Å². The van der Waals surface area contributed by atoms with Gasteiger partial charge >= 0.3 is 0 Å². The van der Waals surface area contributed by atoms with Crippen LogP contribution >= 0.6 is 0 Å². The Morgan fingerprint density at radius 1 is 1.27 bits per heavy atom. The number of aromatic hydroxyl groups is 1. The second-order valence-electron chi connectivity index (χ2n) is 4.90. The third kappa shape index (κ3) is 4.63. The highest BCUT2D eigenvalue weighted by molar-refractivity contribution is 5.84. The van der Waals surface area contributed by atoms with Crippen LogP contribution in [0.3, 0.4) is 0 Å². The number of nitrogens with one attached hydrogen (secondary N) is 1. The molecule has 0 radical (unpaired) electrons. The second kappa shape index (κ2) is 7.26.